The molecule has 0 aliphatic carbocycles. The van der Waals surface area contributed by atoms with Crippen molar-refractivity contribution >= 4 is 5.91 Å². The summed E-state index contributed by atoms with van der Waals surface area (Å²) in [6, 6.07) is 3.31. The van der Waals surface area contributed by atoms with Gasteiger partial charge in [-0.25, -0.2) is 0 Å². The minimum absolute atomic E-state index is 0.204. The second kappa shape index (κ2) is 34.8. The second-order valence-corrected chi connectivity index (χ2v) is 11.5. The first-order chi connectivity index (χ1) is 25.0. The number of ether oxygens (including phenoxy) is 12. The van der Waals surface area contributed by atoms with Crippen LogP contribution in [0.15, 0.2) is 12.1 Å². The summed E-state index contributed by atoms with van der Waals surface area (Å²) in [5.41, 5.74) is 5.84. The van der Waals surface area contributed by atoms with Crippen molar-refractivity contribution in [1.29, 1.82) is 0 Å². The molecule has 0 aliphatic heterocycles. The molecule has 1 amide bonds. The number of nitrogens with one attached hydrogen (secondary N) is 1. The Balaban J connectivity index is 2.83. The molecule has 3 N–H and O–H groups in total. The summed E-state index contributed by atoms with van der Waals surface area (Å²) in [4.78, 5) is 13.2. The van der Waals surface area contributed by atoms with Gasteiger partial charge in [-0.3, -0.25) is 4.79 Å². The first-order valence-corrected chi connectivity index (χ1v) is 18.2. The van der Waals surface area contributed by atoms with Crippen LogP contribution >= 0.6 is 0 Å². The van der Waals surface area contributed by atoms with Gasteiger partial charge < -0.3 is 67.9 Å². The molecule has 15 nitrogen and oxygen atoms in total. The molecular formula is C36H66N2O13. The molecule has 298 valence electrons. The molecule has 0 spiro atoms. The van der Waals surface area contributed by atoms with Crippen molar-refractivity contribution in [2.75, 3.05) is 152 Å². The Kier molecular flexibility index (Phi) is 31.8. The Morgan fingerprint density at radius 2 is 0.980 bits per heavy atom. The largest absolute Gasteiger partial charge is 0.487 e. The first kappa shape index (κ1) is 46.7. The maximum absolute atomic E-state index is 13.2. The van der Waals surface area contributed by atoms with Crippen molar-refractivity contribution in [2.24, 2.45) is 11.7 Å². The number of hydrogen-bond acceptors (Lipinski definition) is 14. The highest BCUT2D eigenvalue weighted by Gasteiger charge is 2.19. The van der Waals surface area contributed by atoms with Gasteiger partial charge in [0.15, 0.2) is 11.5 Å². The Morgan fingerprint density at radius 3 is 1.39 bits per heavy atom. The van der Waals surface area contributed by atoms with Crippen molar-refractivity contribution in [3.8, 4) is 17.2 Å². The molecule has 1 aromatic rings. The minimum Gasteiger partial charge on any atom is -0.487 e. The van der Waals surface area contributed by atoms with Crippen LogP contribution in [0, 0.1) is 5.92 Å². The summed E-state index contributed by atoms with van der Waals surface area (Å²) in [6.07, 6.45) is 1.83. The Labute approximate surface area is 305 Å². The van der Waals surface area contributed by atoms with E-state index in [-0.39, 0.29) is 25.7 Å². The molecule has 1 aromatic carbocycles. The second-order valence-electron chi connectivity index (χ2n) is 11.5. The fourth-order valence-electron chi connectivity index (χ4n) is 4.04. The number of nitrogens with two attached hydrogens (primary N) is 1. The van der Waals surface area contributed by atoms with E-state index >= 15 is 0 Å². The molecule has 0 heterocycles. The Morgan fingerprint density at radius 1 is 0.588 bits per heavy atom. The van der Waals surface area contributed by atoms with Crippen molar-refractivity contribution in [1.82, 2.24) is 5.32 Å². The zero-order valence-electron chi connectivity index (χ0n) is 31.6. The number of benzene rings is 1. The summed E-state index contributed by atoms with van der Waals surface area (Å²) in [5, 5.41) is 2.98. The zero-order valence-corrected chi connectivity index (χ0v) is 31.6. The van der Waals surface area contributed by atoms with Crippen LogP contribution in [0.5, 0.6) is 17.2 Å². The fourth-order valence-corrected chi connectivity index (χ4v) is 4.04. The number of carbonyl (C=O) groups excluding carboxylic acids is 1. The highest BCUT2D eigenvalue weighted by Crippen LogP contribution is 2.39. The third kappa shape index (κ3) is 27.0. The lowest BCUT2D eigenvalue weighted by atomic mass is 10.1. The standard InChI is InChI=1S/C36H66N2O13/c1-5-9-41-13-15-44-19-21-46-23-26-49-33-29-32(36(39)38-8-6-31(2)3)30-34(35(33)51-28-25-48-16-14-42-10-7-37)50-27-24-47-22-20-45-18-17-43-12-11-40-4/h29-31H,5-28,37H2,1-4H3,(H,38,39). The zero-order chi connectivity index (χ0) is 37.0. The van der Waals surface area contributed by atoms with Gasteiger partial charge in [-0.05, 0) is 30.9 Å². The van der Waals surface area contributed by atoms with E-state index in [2.05, 4.69) is 26.1 Å². The van der Waals surface area contributed by atoms with Gasteiger partial charge in [0.2, 0.25) is 5.75 Å². The number of rotatable bonds is 38. The van der Waals surface area contributed by atoms with Crippen LogP contribution in [0.25, 0.3) is 0 Å². The van der Waals surface area contributed by atoms with E-state index in [0.717, 1.165) is 19.4 Å². The summed E-state index contributed by atoms with van der Waals surface area (Å²) in [5.74, 6) is 1.26. The predicted octanol–water partition coefficient (Wildman–Crippen LogP) is 2.75. The van der Waals surface area contributed by atoms with Crippen LogP contribution < -0.4 is 25.3 Å². The molecule has 0 aromatic heterocycles. The monoisotopic (exact) mass is 734 g/mol. The summed E-state index contributed by atoms with van der Waals surface area (Å²) < 4.78 is 67.5. The van der Waals surface area contributed by atoms with Crippen LogP contribution in [0.1, 0.15) is 44.0 Å². The molecule has 0 unspecified atom stereocenters. The molecule has 0 aliphatic rings. The normalized spacial score (nSPS) is 11.3. The summed E-state index contributed by atoms with van der Waals surface area (Å²) in [6.45, 7) is 15.6. The van der Waals surface area contributed by atoms with Crippen LogP contribution in [-0.4, -0.2) is 158 Å². The van der Waals surface area contributed by atoms with Crippen LogP contribution in [0.2, 0.25) is 0 Å². The van der Waals surface area contributed by atoms with Gasteiger partial charge in [0, 0.05) is 32.4 Å². The van der Waals surface area contributed by atoms with Gasteiger partial charge in [-0.15, -0.1) is 0 Å². The minimum atomic E-state index is -0.242. The van der Waals surface area contributed by atoms with E-state index in [9.17, 15) is 4.79 Å². The molecule has 0 saturated carbocycles. The molecule has 51 heavy (non-hydrogen) atoms. The molecule has 15 heteroatoms. The number of hydrogen-bond donors (Lipinski definition) is 2. The Bertz CT molecular complexity index is 943. The van der Waals surface area contributed by atoms with Crippen molar-refractivity contribution in [2.45, 2.75) is 33.6 Å². The average Bonchev–Trinajstić information content (AvgIpc) is 3.12. The van der Waals surface area contributed by atoms with Crippen LogP contribution in [0.4, 0.5) is 0 Å². The SMILES string of the molecule is CCCOCCOCCOCCOc1cc(C(=O)NCCC(C)C)cc(OCCOCCOCCOCCOC)c1OCCOCCOCCN. The fraction of sp³-hybridized carbons (Fsp3) is 0.806. The van der Waals surface area contributed by atoms with Crippen molar-refractivity contribution in [3.05, 3.63) is 17.7 Å². The predicted molar refractivity (Wildman–Crippen MR) is 192 cm³/mol. The lowest BCUT2D eigenvalue weighted by molar-refractivity contribution is -0.0000432. The molecule has 1 rings (SSSR count). The van der Waals surface area contributed by atoms with E-state index in [0.29, 0.717) is 148 Å². The number of amides is 1. The lowest BCUT2D eigenvalue weighted by Crippen LogP contribution is -2.25. The van der Waals surface area contributed by atoms with E-state index in [1.54, 1.807) is 19.2 Å². The Hall–Kier alpha value is -2.31. The van der Waals surface area contributed by atoms with Crippen LogP contribution in [-0.2, 0) is 42.6 Å². The first-order valence-electron chi connectivity index (χ1n) is 18.2. The van der Waals surface area contributed by atoms with Gasteiger partial charge in [-0.1, -0.05) is 20.8 Å². The third-order valence-electron chi connectivity index (χ3n) is 6.64. The maximum atomic E-state index is 13.2. The van der Waals surface area contributed by atoms with Gasteiger partial charge in [0.25, 0.3) is 5.91 Å². The highest BCUT2D eigenvalue weighted by atomic mass is 16.6. The van der Waals surface area contributed by atoms with Gasteiger partial charge in [0.1, 0.15) is 19.8 Å². The molecular weight excluding hydrogens is 668 g/mol. The van der Waals surface area contributed by atoms with E-state index < -0.39 is 0 Å². The van der Waals surface area contributed by atoms with Crippen molar-refractivity contribution in [3.63, 3.8) is 0 Å². The van der Waals surface area contributed by atoms with Crippen molar-refractivity contribution < 1.29 is 61.6 Å². The lowest BCUT2D eigenvalue weighted by Gasteiger charge is -2.19. The quantitative estimate of drug-likeness (QED) is 0.0953. The van der Waals surface area contributed by atoms with Gasteiger partial charge in [-0.2, -0.15) is 0 Å². The van der Waals surface area contributed by atoms with E-state index in [1.807, 2.05) is 0 Å². The number of carbonyl (C=O) groups is 1. The molecule has 0 radical (unpaired) electrons. The molecule has 0 saturated heterocycles. The molecule has 0 fully saturated rings. The third-order valence-corrected chi connectivity index (χ3v) is 6.64. The smallest absolute Gasteiger partial charge is 0.251 e. The molecule has 0 atom stereocenters. The maximum Gasteiger partial charge on any atom is 0.251 e. The average molecular weight is 735 g/mol. The van der Waals surface area contributed by atoms with Gasteiger partial charge >= 0.3 is 0 Å². The summed E-state index contributed by atoms with van der Waals surface area (Å²) >= 11 is 0. The topological polar surface area (TPSA) is 166 Å². The van der Waals surface area contributed by atoms with E-state index in [4.69, 9.17) is 62.6 Å². The molecule has 0 bridgehead atoms. The van der Waals surface area contributed by atoms with E-state index in [1.165, 1.54) is 0 Å². The van der Waals surface area contributed by atoms with Gasteiger partial charge in [0.05, 0.1) is 106 Å². The summed E-state index contributed by atoms with van der Waals surface area (Å²) in [7, 11) is 1.63. The highest BCUT2D eigenvalue weighted by molar-refractivity contribution is 5.95. The van der Waals surface area contributed by atoms with Crippen LogP contribution in [0.3, 0.4) is 0 Å². The number of methoxy groups -OCH3 is 1.